The number of nitrogens with one attached hydrogen (secondary N) is 2. The number of aromatic amines is 2. The highest BCUT2D eigenvalue weighted by molar-refractivity contribution is 6.35. The third-order valence-electron chi connectivity index (χ3n) is 6.97. The fourth-order valence-electron chi connectivity index (χ4n) is 5.14. The molecule has 4 heterocycles. The predicted octanol–water partition coefficient (Wildman–Crippen LogP) is 3.65. The van der Waals surface area contributed by atoms with Crippen LogP contribution in [-0.2, 0) is 13.0 Å². The summed E-state index contributed by atoms with van der Waals surface area (Å²) in [5.74, 6) is -0.703. The Bertz CT molecular complexity index is 1240. The van der Waals surface area contributed by atoms with Crippen LogP contribution in [0.2, 0.25) is 5.02 Å². The van der Waals surface area contributed by atoms with E-state index in [1.165, 1.54) is 12.1 Å². The zero-order valence-corrected chi connectivity index (χ0v) is 17.6. The lowest BCUT2D eigenvalue weighted by Gasteiger charge is -2.28. The molecule has 1 aliphatic carbocycles. The molecule has 1 saturated heterocycles. The molecule has 3 aliphatic rings. The van der Waals surface area contributed by atoms with Crippen molar-refractivity contribution < 1.29 is 14.0 Å². The second-order valence-corrected chi connectivity index (χ2v) is 9.23. The average molecular weight is 442 g/mol. The molecule has 3 aromatic rings. The smallest absolute Gasteiger partial charge is 0.275 e. The van der Waals surface area contributed by atoms with E-state index in [2.05, 4.69) is 15.2 Å². The molecule has 7 nitrogen and oxygen atoms in total. The number of fused-ring (bicyclic) bond motifs is 2. The van der Waals surface area contributed by atoms with Crippen molar-refractivity contribution >= 4 is 34.3 Å². The SMILES string of the molecule is O=C(c1cc2c(Cl)cc(F)cc2[nH]1)N1CCc2[nH]nc(C(=O)N3CCCC34CC4)c2C1. The van der Waals surface area contributed by atoms with Gasteiger partial charge in [-0.25, -0.2) is 4.39 Å². The van der Waals surface area contributed by atoms with Gasteiger partial charge in [0.15, 0.2) is 5.69 Å². The maximum atomic E-state index is 13.7. The van der Waals surface area contributed by atoms with Crippen molar-refractivity contribution in [1.82, 2.24) is 25.0 Å². The number of hydrogen-bond acceptors (Lipinski definition) is 3. The molecular formula is C22H21ClFN5O2. The van der Waals surface area contributed by atoms with Gasteiger partial charge in [-0.05, 0) is 43.9 Å². The van der Waals surface area contributed by atoms with Gasteiger partial charge in [0.1, 0.15) is 11.5 Å². The second kappa shape index (κ2) is 6.56. The van der Waals surface area contributed by atoms with E-state index in [9.17, 15) is 14.0 Å². The van der Waals surface area contributed by atoms with E-state index >= 15 is 0 Å². The van der Waals surface area contributed by atoms with Gasteiger partial charge in [-0.15, -0.1) is 0 Å². The van der Waals surface area contributed by atoms with Gasteiger partial charge in [-0.2, -0.15) is 5.10 Å². The molecule has 9 heteroatoms. The van der Waals surface area contributed by atoms with E-state index in [1.807, 2.05) is 4.90 Å². The third-order valence-corrected chi connectivity index (χ3v) is 7.29. The number of hydrogen-bond donors (Lipinski definition) is 2. The van der Waals surface area contributed by atoms with Crippen LogP contribution in [0.5, 0.6) is 0 Å². The molecule has 0 bridgehead atoms. The Hall–Kier alpha value is -2.87. The van der Waals surface area contributed by atoms with Crippen LogP contribution >= 0.6 is 11.6 Å². The Balaban J connectivity index is 1.28. The van der Waals surface area contributed by atoms with Crippen molar-refractivity contribution in [1.29, 1.82) is 0 Å². The van der Waals surface area contributed by atoms with Crippen molar-refractivity contribution in [3.05, 3.63) is 51.7 Å². The van der Waals surface area contributed by atoms with Gasteiger partial charge in [0.2, 0.25) is 0 Å². The van der Waals surface area contributed by atoms with Crippen molar-refractivity contribution in [3.8, 4) is 0 Å². The van der Waals surface area contributed by atoms with Gasteiger partial charge in [0.25, 0.3) is 11.8 Å². The summed E-state index contributed by atoms with van der Waals surface area (Å²) in [4.78, 5) is 33.1. The summed E-state index contributed by atoms with van der Waals surface area (Å²) in [5, 5.41) is 8.21. The zero-order chi connectivity index (χ0) is 21.3. The number of amides is 2. The normalized spacial score (nSPS) is 19.3. The molecule has 2 N–H and O–H groups in total. The number of nitrogens with zero attached hydrogens (tertiary/aromatic N) is 3. The first-order valence-corrected chi connectivity index (χ1v) is 11.0. The van der Waals surface area contributed by atoms with E-state index in [0.717, 1.165) is 43.5 Å². The summed E-state index contributed by atoms with van der Waals surface area (Å²) >= 11 is 6.12. The standard InChI is InChI=1S/C22H21ClFN5O2/c23-15-8-12(24)9-17-13(15)10-18(25-17)20(30)28-7-2-16-14(11-28)19(27-26-16)21(31)29-6-1-3-22(29)4-5-22/h8-10,25H,1-7,11H2,(H,26,27). The monoisotopic (exact) mass is 441 g/mol. The van der Waals surface area contributed by atoms with Gasteiger partial charge in [0, 0.05) is 41.7 Å². The molecule has 1 saturated carbocycles. The number of likely N-dealkylation sites (tertiary alicyclic amines) is 1. The summed E-state index contributed by atoms with van der Waals surface area (Å²) in [5.41, 5.74) is 3.02. The van der Waals surface area contributed by atoms with Crippen molar-refractivity contribution in [3.63, 3.8) is 0 Å². The maximum Gasteiger partial charge on any atom is 0.275 e. The Morgan fingerprint density at radius 2 is 1.97 bits per heavy atom. The molecule has 2 aromatic heterocycles. The lowest BCUT2D eigenvalue weighted by molar-refractivity contribution is 0.0690. The first kappa shape index (κ1) is 18.9. The summed E-state index contributed by atoms with van der Waals surface area (Å²) < 4.78 is 13.7. The highest BCUT2D eigenvalue weighted by Gasteiger charge is 2.53. The minimum atomic E-state index is -0.460. The molecule has 2 amide bonds. The lowest BCUT2D eigenvalue weighted by Crippen LogP contribution is -2.39. The van der Waals surface area contributed by atoms with Crippen molar-refractivity contribution in [2.24, 2.45) is 0 Å². The lowest BCUT2D eigenvalue weighted by atomic mass is 10.0. The Labute approximate surface area is 182 Å². The molecular weight excluding hydrogens is 421 g/mol. The van der Waals surface area contributed by atoms with Crippen LogP contribution in [0.15, 0.2) is 18.2 Å². The largest absolute Gasteiger partial charge is 0.350 e. The first-order valence-electron chi connectivity index (χ1n) is 10.6. The third kappa shape index (κ3) is 2.88. The van der Waals surface area contributed by atoms with Crippen LogP contribution in [0.25, 0.3) is 10.9 Å². The number of aromatic nitrogens is 3. The average Bonchev–Trinajstić information content (AvgIpc) is 3.08. The predicted molar refractivity (Wildman–Crippen MR) is 113 cm³/mol. The zero-order valence-electron chi connectivity index (χ0n) is 16.8. The minimum Gasteiger partial charge on any atom is -0.350 e. The van der Waals surface area contributed by atoms with E-state index < -0.39 is 5.82 Å². The molecule has 6 rings (SSSR count). The summed E-state index contributed by atoms with van der Waals surface area (Å²) in [6, 6.07) is 4.20. The van der Waals surface area contributed by atoms with E-state index in [0.29, 0.717) is 41.8 Å². The van der Waals surface area contributed by atoms with Crippen molar-refractivity contribution in [2.75, 3.05) is 13.1 Å². The van der Waals surface area contributed by atoms with Crippen LogP contribution in [0, 0.1) is 5.82 Å². The van der Waals surface area contributed by atoms with E-state index in [4.69, 9.17) is 11.6 Å². The minimum absolute atomic E-state index is 0.0327. The highest BCUT2D eigenvalue weighted by atomic mass is 35.5. The van der Waals surface area contributed by atoms with Gasteiger partial charge < -0.3 is 14.8 Å². The van der Waals surface area contributed by atoms with Crippen LogP contribution in [0.4, 0.5) is 4.39 Å². The van der Waals surface area contributed by atoms with Crippen LogP contribution in [-0.4, -0.2) is 55.4 Å². The van der Waals surface area contributed by atoms with E-state index in [-0.39, 0.29) is 22.4 Å². The molecule has 0 atom stereocenters. The number of benzene rings is 1. The molecule has 2 aliphatic heterocycles. The summed E-state index contributed by atoms with van der Waals surface area (Å²) in [6.07, 6.45) is 4.84. The molecule has 160 valence electrons. The summed E-state index contributed by atoms with van der Waals surface area (Å²) in [7, 11) is 0. The Morgan fingerprint density at radius 1 is 1.13 bits per heavy atom. The topological polar surface area (TPSA) is 85.1 Å². The summed E-state index contributed by atoms with van der Waals surface area (Å²) in [6.45, 7) is 1.59. The molecule has 0 radical (unpaired) electrons. The van der Waals surface area contributed by atoms with Crippen LogP contribution < -0.4 is 0 Å². The fraction of sp³-hybridized carbons (Fsp3) is 0.409. The number of rotatable bonds is 2. The van der Waals surface area contributed by atoms with Gasteiger partial charge in [-0.1, -0.05) is 11.6 Å². The highest BCUT2D eigenvalue weighted by Crippen LogP contribution is 2.50. The molecule has 1 spiro atoms. The molecule has 0 unspecified atom stereocenters. The molecule has 2 fully saturated rings. The van der Waals surface area contributed by atoms with Crippen molar-refractivity contribution in [2.45, 2.75) is 44.2 Å². The van der Waals surface area contributed by atoms with Crippen LogP contribution in [0.3, 0.4) is 0 Å². The Kier molecular flexibility index (Phi) is 3.99. The maximum absolute atomic E-state index is 13.7. The van der Waals surface area contributed by atoms with Gasteiger partial charge >= 0.3 is 0 Å². The number of halogens is 2. The van der Waals surface area contributed by atoms with Gasteiger partial charge in [-0.3, -0.25) is 14.7 Å². The quantitative estimate of drug-likeness (QED) is 0.636. The second-order valence-electron chi connectivity index (χ2n) is 8.82. The number of H-pyrrole nitrogens is 2. The Morgan fingerprint density at radius 3 is 2.77 bits per heavy atom. The number of carbonyl (C=O) groups is 2. The molecule has 31 heavy (non-hydrogen) atoms. The van der Waals surface area contributed by atoms with Gasteiger partial charge in [0.05, 0.1) is 17.1 Å². The number of carbonyl (C=O) groups excluding carboxylic acids is 2. The molecule has 1 aromatic carbocycles. The van der Waals surface area contributed by atoms with Crippen LogP contribution in [0.1, 0.15) is 57.9 Å². The first-order chi connectivity index (χ1) is 14.9. The van der Waals surface area contributed by atoms with E-state index in [1.54, 1.807) is 11.0 Å². The fourth-order valence-corrected chi connectivity index (χ4v) is 5.40.